The molecule has 2 aromatic carbocycles. The van der Waals surface area contributed by atoms with Crippen LogP contribution >= 0.6 is 15.9 Å². The topological polar surface area (TPSA) is 101 Å². The lowest BCUT2D eigenvalue weighted by molar-refractivity contribution is -0.130. The third kappa shape index (κ3) is 6.77. The number of benzene rings is 2. The number of primary amides is 1. The molecule has 2 aromatic rings. The van der Waals surface area contributed by atoms with E-state index in [9.17, 15) is 18.8 Å². The van der Waals surface area contributed by atoms with Crippen LogP contribution in [0.1, 0.15) is 18.1 Å². The van der Waals surface area contributed by atoms with Crippen molar-refractivity contribution in [2.24, 2.45) is 5.73 Å². The molecule has 3 amide bonds. The van der Waals surface area contributed by atoms with Crippen LogP contribution in [-0.2, 0) is 27.2 Å². The monoisotopic (exact) mass is 449 g/mol. The molecule has 0 aliphatic carbocycles. The Morgan fingerprint density at radius 1 is 0.929 bits per heavy atom. The van der Waals surface area contributed by atoms with Gasteiger partial charge in [-0.05, 0) is 35.4 Å². The zero-order chi connectivity index (χ0) is 20.7. The predicted molar refractivity (Wildman–Crippen MR) is 107 cm³/mol. The molecule has 0 radical (unpaired) electrons. The minimum absolute atomic E-state index is 0.148. The van der Waals surface area contributed by atoms with E-state index in [4.69, 9.17) is 5.73 Å². The van der Waals surface area contributed by atoms with Gasteiger partial charge in [0.1, 0.15) is 17.9 Å². The molecule has 0 saturated carbocycles. The van der Waals surface area contributed by atoms with Crippen molar-refractivity contribution in [2.45, 2.75) is 31.8 Å². The van der Waals surface area contributed by atoms with Crippen LogP contribution in [0.3, 0.4) is 0 Å². The Hall–Kier alpha value is -2.74. The molecule has 6 nitrogen and oxygen atoms in total. The third-order valence-corrected chi connectivity index (χ3v) is 4.59. The molecule has 0 bridgehead atoms. The summed E-state index contributed by atoms with van der Waals surface area (Å²) in [5.74, 6) is -2.02. The largest absolute Gasteiger partial charge is 0.368 e. The van der Waals surface area contributed by atoms with Gasteiger partial charge in [-0.25, -0.2) is 4.39 Å². The molecule has 0 aliphatic heterocycles. The van der Waals surface area contributed by atoms with Crippen molar-refractivity contribution < 1.29 is 18.8 Å². The Balaban J connectivity index is 2.11. The van der Waals surface area contributed by atoms with Gasteiger partial charge in [-0.2, -0.15) is 0 Å². The molecule has 8 heteroatoms. The lowest BCUT2D eigenvalue weighted by Gasteiger charge is -2.22. The van der Waals surface area contributed by atoms with E-state index < -0.39 is 35.6 Å². The number of nitrogens with one attached hydrogen (secondary N) is 2. The molecule has 2 atom stereocenters. The molecular weight excluding hydrogens is 429 g/mol. The minimum Gasteiger partial charge on any atom is -0.368 e. The highest BCUT2D eigenvalue weighted by atomic mass is 79.9. The van der Waals surface area contributed by atoms with Crippen LogP contribution in [0.25, 0.3) is 0 Å². The fourth-order valence-electron chi connectivity index (χ4n) is 2.66. The van der Waals surface area contributed by atoms with Gasteiger partial charge >= 0.3 is 0 Å². The highest BCUT2D eigenvalue weighted by Crippen LogP contribution is 2.12. The number of carbonyl (C=O) groups excluding carboxylic acids is 3. The number of rotatable bonds is 8. The number of hydrogen-bond acceptors (Lipinski definition) is 3. The Labute approximate surface area is 170 Å². The first-order chi connectivity index (χ1) is 13.2. The van der Waals surface area contributed by atoms with Crippen LogP contribution in [0.4, 0.5) is 4.39 Å². The second-order valence-electron chi connectivity index (χ2n) is 6.38. The summed E-state index contributed by atoms with van der Waals surface area (Å²) in [6.45, 7) is 1.29. The fourth-order valence-corrected chi connectivity index (χ4v) is 2.93. The lowest BCUT2D eigenvalue weighted by atomic mass is 10.0. The maximum absolute atomic E-state index is 13.1. The van der Waals surface area contributed by atoms with Crippen LogP contribution in [0.15, 0.2) is 53.0 Å². The molecule has 0 aliphatic rings. The summed E-state index contributed by atoms with van der Waals surface area (Å²) in [4.78, 5) is 36.0. The second kappa shape index (κ2) is 9.98. The molecular formula is C20H21BrFN3O3. The zero-order valence-corrected chi connectivity index (χ0v) is 16.8. The van der Waals surface area contributed by atoms with Gasteiger partial charge in [0.2, 0.25) is 17.7 Å². The Kier molecular flexibility index (Phi) is 7.69. The normalized spacial score (nSPS) is 12.7. The van der Waals surface area contributed by atoms with Crippen LogP contribution in [0.2, 0.25) is 0 Å². The minimum atomic E-state index is -0.932. The van der Waals surface area contributed by atoms with E-state index in [1.165, 1.54) is 31.2 Å². The van der Waals surface area contributed by atoms with Gasteiger partial charge in [0.15, 0.2) is 0 Å². The quantitative estimate of drug-likeness (QED) is 0.572. The summed E-state index contributed by atoms with van der Waals surface area (Å²) in [6.07, 6.45) is 0.368. The Bertz CT molecular complexity index is 841. The first-order valence-electron chi connectivity index (χ1n) is 8.60. The molecule has 0 aromatic heterocycles. The van der Waals surface area contributed by atoms with E-state index in [2.05, 4.69) is 26.6 Å². The number of amides is 3. The highest BCUT2D eigenvalue weighted by Gasteiger charge is 2.25. The molecule has 0 saturated heterocycles. The fraction of sp³-hybridized carbons (Fsp3) is 0.250. The predicted octanol–water partition coefficient (Wildman–Crippen LogP) is 1.85. The van der Waals surface area contributed by atoms with Crippen LogP contribution in [-0.4, -0.2) is 29.8 Å². The molecule has 0 fully saturated rings. The summed E-state index contributed by atoms with van der Waals surface area (Å²) in [6, 6.07) is 11.0. The summed E-state index contributed by atoms with van der Waals surface area (Å²) in [5.41, 5.74) is 6.93. The Morgan fingerprint density at radius 2 is 1.43 bits per heavy atom. The maximum Gasteiger partial charge on any atom is 0.243 e. The van der Waals surface area contributed by atoms with Gasteiger partial charge in [0, 0.05) is 24.2 Å². The van der Waals surface area contributed by atoms with Gasteiger partial charge in [-0.15, -0.1) is 0 Å². The number of nitrogens with two attached hydrogens (primary N) is 1. The van der Waals surface area contributed by atoms with Crippen molar-refractivity contribution in [3.8, 4) is 0 Å². The molecule has 28 heavy (non-hydrogen) atoms. The van der Waals surface area contributed by atoms with Crippen molar-refractivity contribution in [2.75, 3.05) is 0 Å². The SMILES string of the molecule is CC(=O)N[C@@H](Cc1ccc(F)cc1)C(=O)N[C@H](Cc1ccc(Br)cc1)C(N)=O. The average molecular weight is 450 g/mol. The van der Waals surface area contributed by atoms with E-state index in [1.54, 1.807) is 0 Å². The Morgan fingerprint density at radius 3 is 1.93 bits per heavy atom. The molecule has 0 heterocycles. The van der Waals surface area contributed by atoms with E-state index >= 15 is 0 Å². The van der Waals surface area contributed by atoms with E-state index in [0.717, 1.165) is 10.0 Å². The molecule has 0 spiro atoms. The smallest absolute Gasteiger partial charge is 0.243 e. The van der Waals surface area contributed by atoms with Crippen molar-refractivity contribution in [1.82, 2.24) is 10.6 Å². The van der Waals surface area contributed by atoms with Crippen molar-refractivity contribution in [1.29, 1.82) is 0 Å². The molecule has 0 unspecified atom stereocenters. The number of hydrogen-bond donors (Lipinski definition) is 3. The van der Waals surface area contributed by atoms with Crippen LogP contribution in [0, 0.1) is 5.82 Å². The van der Waals surface area contributed by atoms with E-state index in [-0.39, 0.29) is 12.8 Å². The van der Waals surface area contributed by atoms with Crippen molar-refractivity contribution in [3.05, 3.63) is 69.9 Å². The van der Waals surface area contributed by atoms with Crippen LogP contribution < -0.4 is 16.4 Å². The lowest BCUT2D eigenvalue weighted by Crippen LogP contribution is -2.54. The van der Waals surface area contributed by atoms with Gasteiger partial charge in [-0.1, -0.05) is 40.2 Å². The van der Waals surface area contributed by atoms with Gasteiger partial charge in [0.25, 0.3) is 0 Å². The van der Waals surface area contributed by atoms with E-state index in [1.807, 2.05) is 24.3 Å². The summed E-state index contributed by atoms with van der Waals surface area (Å²) >= 11 is 3.33. The highest BCUT2D eigenvalue weighted by molar-refractivity contribution is 9.10. The average Bonchev–Trinajstić information content (AvgIpc) is 2.63. The van der Waals surface area contributed by atoms with Crippen molar-refractivity contribution in [3.63, 3.8) is 0 Å². The number of carbonyl (C=O) groups is 3. The third-order valence-electron chi connectivity index (χ3n) is 4.06. The van der Waals surface area contributed by atoms with Gasteiger partial charge in [-0.3, -0.25) is 14.4 Å². The number of halogens is 2. The van der Waals surface area contributed by atoms with Crippen molar-refractivity contribution >= 4 is 33.7 Å². The first kappa shape index (κ1) is 21.6. The molecule has 4 N–H and O–H groups in total. The first-order valence-corrected chi connectivity index (χ1v) is 9.39. The standard InChI is InChI=1S/C20H21BrFN3O3/c1-12(26)24-18(11-14-4-8-16(22)9-5-14)20(28)25-17(19(23)27)10-13-2-6-15(21)7-3-13/h2-9,17-18H,10-11H2,1H3,(H2,23,27)(H,24,26)(H,25,28)/t17-,18+/m1/s1. The summed E-state index contributed by atoms with van der Waals surface area (Å²) in [7, 11) is 0. The second-order valence-corrected chi connectivity index (χ2v) is 7.29. The summed E-state index contributed by atoms with van der Waals surface area (Å²) < 4.78 is 14.0. The molecule has 2 rings (SSSR count). The van der Waals surface area contributed by atoms with Gasteiger partial charge < -0.3 is 16.4 Å². The van der Waals surface area contributed by atoms with E-state index in [0.29, 0.717) is 5.56 Å². The zero-order valence-electron chi connectivity index (χ0n) is 15.2. The summed E-state index contributed by atoms with van der Waals surface area (Å²) in [5, 5.41) is 5.16. The maximum atomic E-state index is 13.1. The van der Waals surface area contributed by atoms with Gasteiger partial charge in [0.05, 0.1) is 0 Å². The van der Waals surface area contributed by atoms with Crippen LogP contribution in [0.5, 0.6) is 0 Å². The molecule has 148 valence electrons.